The molecule has 2 unspecified atom stereocenters. The highest BCUT2D eigenvalue weighted by atomic mass is 79.9. The first-order valence-electron chi connectivity index (χ1n) is 5.84. The number of carbonyl (C=O) groups is 1. The van der Waals surface area contributed by atoms with Gasteiger partial charge in [0, 0.05) is 6.04 Å². The van der Waals surface area contributed by atoms with Crippen LogP contribution in [0, 0.1) is 11.7 Å². The van der Waals surface area contributed by atoms with Crippen molar-refractivity contribution in [2.45, 2.75) is 32.2 Å². The molecule has 0 bridgehead atoms. The maximum Gasteiger partial charge on any atom is 0.252 e. The Morgan fingerprint density at radius 1 is 1.47 bits per heavy atom. The largest absolute Gasteiger partial charge is 0.349 e. The Kier molecular flexibility index (Phi) is 3.82. The molecule has 2 nitrogen and oxygen atoms in total. The quantitative estimate of drug-likeness (QED) is 0.890. The van der Waals surface area contributed by atoms with Gasteiger partial charge in [-0.05, 0) is 46.8 Å². The van der Waals surface area contributed by atoms with Gasteiger partial charge in [0.15, 0.2) is 0 Å². The Hall–Kier alpha value is -0.900. The first-order chi connectivity index (χ1) is 8.09. The third-order valence-corrected chi connectivity index (χ3v) is 4.18. The van der Waals surface area contributed by atoms with Gasteiger partial charge in [0.1, 0.15) is 5.82 Å². The van der Waals surface area contributed by atoms with Gasteiger partial charge < -0.3 is 5.32 Å². The highest BCUT2D eigenvalue weighted by molar-refractivity contribution is 9.10. The minimum Gasteiger partial charge on any atom is -0.349 e. The van der Waals surface area contributed by atoms with Gasteiger partial charge in [-0.2, -0.15) is 0 Å². The molecular weight excluding hydrogens is 285 g/mol. The van der Waals surface area contributed by atoms with E-state index in [9.17, 15) is 9.18 Å². The first kappa shape index (κ1) is 12.6. The van der Waals surface area contributed by atoms with Crippen LogP contribution in [0.1, 0.15) is 36.5 Å². The number of rotatable bonds is 2. The average Bonchev–Trinajstić information content (AvgIpc) is 2.68. The Morgan fingerprint density at radius 3 is 2.88 bits per heavy atom. The van der Waals surface area contributed by atoms with Crippen LogP contribution >= 0.6 is 15.9 Å². The van der Waals surface area contributed by atoms with Gasteiger partial charge in [0.25, 0.3) is 5.91 Å². The summed E-state index contributed by atoms with van der Waals surface area (Å²) in [6.07, 6.45) is 3.31. The second-order valence-corrected chi connectivity index (χ2v) is 5.38. The number of amides is 1. The van der Waals surface area contributed by atoms with Crippen LogP contribution < -0.4 is 5.32 Å². The fraction of sp³-hybridized carbons (Fsp3) is 0.462. The minimum absolute atomic E-state index is 0.199. The standard InChI is InChI=1S/C13H15BrFNO/c1-8-4-2-7-11(8)16-13(17)9-5-3-6-10(15)12(9)14/h3,5-6,8,11H,2,4,7H2,1H3,(H,16,17). The molecule has 2 atom stereocenters. The normalized spacial score (nSPS) is 23.7. The molecular formula is C13H15BrFNO. The maximum atomic E-state index is 13.3. The summed E-state index contributed by atoms with van der Waals surface area (Å²) in [7, 11) is 0. The van der Waals surface area contributed by atoms with Crippen LogP contribution in [-0.4, -0.2) is 11.9 Å². The van der Waals surface area contributed by atoms with E-state index >= 15 is 0 Å². The lowest BCUT2D eigenvalue weighted by Crippen LogP contribution is -2.36. The van der Waals surface area contributed by atoms with Gasteiger partial charge in [-0.1, -0.05) is 19.4 Å². The molecule has 92 valence electrons. The van der Waals surface area contributed by atoms with Crippen molar-refractivity contribution < 1.29 is 9.18 Å². The predicted molar refractivity (Wildman–Crippen MR) is 68.4 cm³/mol. The fourth-order valence-electron chi connectivity index (χ4n) is 2.29. The van der Waals surface area contributed by atoms with Gasteiger partial charge in [0.2, 0.25) is 0 Å². The van der Waals surface area contributed by atoms with Crippen molar-refractivity contribution >= 4 is 21.8 Å². The minimum atomic E-state index is -0.405. The number of nitrogens with one attached hydrogen (secondary N) is 1. The van der Waals surface area contributed by atoms with Crippen molar-refractivity contribution in [1.82, 2.24) is 5.32 Å². The molecule has 0 spiro atoms. The smallest absolute Gasteiger partial charge is 0.252 e. The van der Waals surface area contributed by atoms with Crippen LogP contribution in [0.5, 0.6) is 0 Å². The van der Waals surface area contributed by atoms with Crippen molar-refractivity contribution in [1.29, 1.82) is 0 Å². The van der Waals surface area contributed by atoms with Gasteiger partial charge in [-0.25, -0.2) is 4.39 Å². The molecule has 0 aromatic heterocycles. The number of halogens is 2. The lowest BCUT2D eigenvalue weighted by atomic mass is 10.1. The molecule has 1 aliphatic rings. The summed E-state index contributed by atoms with van der Waals surface area (Å²) in [6.45, 7) is 2.14. The van der Waals surface area contributed by atoms with Gasteiger partial charge in [0.05, 0.1) is 10.0 Å². The van der Waals surface area contributed by atoms with E-state index in [2.05, 4.69) is 28.2 Å². The Labute approximate surface area is 109 Å². The van der Waals surface area contributed by atoms with E-state index in [1.54, 1.807) is 12.1 Å². The molecule has 0 saturated heterocycles. The zero-order valence-corrected chi connectivity index (χ0v) is 11.3. The second-order valence-electron chi connectivity index (χ2n) is 4.59. The zero-order chi connectivity index (χ0) is 12.4. The fourth-order valence-corrected chi connectivity index (χ4v) is 2.73. The van der Waals surface area contributed by atoms with Crippen LogP contribution in [0.3, 0.4) is 0 Å². The van der Waals surface area contributed by atoms with Gasteiger partial charge in [-0.15, -0.1) is 0 Å². The Morgan fingerprint density at radius 2 is 2.24 bits per heavy atom. The Bertz CT molecular complexity index is 435. The molecule has 0 heterocycles. The summed E-state index contributed by atoms with van der Waals surface area (Å²) in [5.74, 6) is -0.0986. The van der Waals surface area contributed by atoms with Crippen LogP contribution in [-0.2, 0) is 0 Å². The van der Waals surface area contributed by atoms with E-state index in [0.29, 0.717) is 11.5 Å². The molecule has 1 aromatic rings. The number of carbonyl (C=O) groups excluding carboxylic acids is 1. The zero-order valence-electron chi connectivity index (χ0n) is 9.67. The topological polar surface area (TPSA) is 29.1 Å². The molecule has 1 aromatic carbocycles. The van der Waals surface area contributed by atoms with E-state index in [4.69, 9.17) is 0 Å². The average molecular weight is 300 g/mol. The van der Waals surface area contributed by atoms with Crippen molar-refractivity contribution in [2.24, 2.45) is 5.92 Å². The molecule has 1 aliphatic carbocycles. The first-order valence-corrected chi connectivity index (χ1v) is 6.63. The lowest BCUT2D eigenvalue weighted by molar-refractivity contribution is 0.0928. The number of hydrogen-bond acceptors (Lipinski definition) is 1. The van der Waals surface area contributed by atoms with Crippen LogP contribution in [0.4, 0.5) is 4.39 Å². The van der Waals surface area contributed by atoms with Gasteiger partial charge in [-0.3, -0.25) is 4.79 Å². The molecule has 1 amide bonds. The van der Waals surface area contributed by atoms with E-state index in [1.807, 2.05) is 0 Å². The number of benzene rings is 1. The molecule has 2 rings (SSSR count). The highest BCUT2D eigenvalue weighted by Crippen LogP contribution is 2.26. The van der Waals surface area contributed by atoms with E-state index < -0.39 is 5.82 Å². The maximum absolute atomic E-state index is 13.3. The molecule has 0 radical (unpaired) electrons. The summed E-state index contributed by atoms with van der Waals surface area (Å²) >= 11 is 3.11. The van der Waals surface area contributed by atoms with Crippen molar-refractivity contribution in [3.05, 3.63) is 34.1 Å². The van der Waals surface area contributed by atoms with Crippen LogP contribution in [0.15, 0.2) is 22.7 Å². The molecule has 0 aliphatic heterocycles. The molecule has 1 fully saturated rings. The number of hydrogen-bond donors (Lipinski definition) is 1. The van der Waals surface area contributed by atoms with E-state index in [0.717, 1.165) is 19.3 Å². The SMILES string of the molecule is CC1CCCC1NC(=O)c1cccc(F)c1Br. The highest BCUT2D eigenvalue weighted by Gasteiger charge is 2.25. The summed E-state index contributed by atoms with van der Waals surface area (Å²) in [4.78, 5) is 12.0. The predicted octanol–water partition coefficient (Wildman–Crippen LogP) is 3.51. The van der Waals surface area contributed by atoms with Crippen molar-refractivity contribution in [2.75, 3.05) is 0 Å². The summed E-state index contributed by atoms with van der Waals surface area (Å²) in [5, 5.41) is 2.98. The van der Waals surface area contributed by atoms with Crippen LogP contribution in [0.2, 0.25) is 0 Å². The summed E-state index contributed by atoms with van der Waals surface area (Å²) in [6, 6.07) is 4.73. The molecule has 4 heteroatoms. The molecule has 1 N–H and O–H groups in total. The van der Waals surface area contributed by atoms with Gasteiger partial charge >= 0.3 is 0 Å². The summed E-state index contributed by atoms with van der Waals surface area (Å²) < 4.78 is 13.5. The van der Waals surface area contributed by atoms with E-state index in [-0.39, 0.29) is 16.4 Å². The lowest BCUT2D eigenvalue weighted by Gasteiger charge is -2.17. The van der Waals surface area contributed by atoms with Crippen molar-refractivity contribution in [3.63, 3.8) is 0 Å². The van der Waals surface area contributed by atoms with E-state index in [1.165, 1.54) is 6.07 Å². The monoisotopic (exact) mass is 299 g/mol. The van der Waals surface area contributed by atoms with Crippen molar-refractivity contribution in [3.8, 4) is 0 Å². The summed E-state index contributed by atoms with van der Waals surface area (Å²) in [5.41, 5.74) is 0.365. The third kappa shape index (κ3) is 2.68. The van der Waals surface area contributed by atoms with Crippen LogP contribution in [0.25, 0.3) is 0 Å². The third-order valence-electron chi connectivity index (χ3n) is 3.37. The molecule has 17 heavy (non-hydrogen) atoms. The second kappa shape index (κ2) is 5.17. The molecule has 1 saturated carbocycles. The Balaban J connectivity index is 2.12.